The maximum absolute atomic E-state index is 12.3. The number of halogens is 1. The molecule has 2 aromatic heterocycles. The smallest absolute Gasteiger partial charge is 0.268 e. The van der Waals surface area contributed by atoms with E-state index in [1.807, 2.05) is 18.2 Å². The highest BCUT2D eigenvalue weighted by Crippen LogP contribution is 2.32. The van der Waals surface area contributed by atoms with Gasteiger partial charge in [0.05, 0.1) is 18.2 Å². The first-order valence-corrected chi connectivity index (χ1v) is 8.31. The van der Waals surface area contributed by atoms with Crippen LogP contribution < -0.4 is 5.56 Å². The van der Waals surface area contributed by atoms with Crippen LogP contribution in [0.15, 0.2) is 23.0 Å². The molecule has 7 heteroatoms. The Morgan fingerprint density at radius 1 is 1.50 bits per heavy atom. The van der Waals surface area contributed by atoms with Crippen LogP contribution in [0.5, 0.6) is 0 Å². The molecule has 4 rings (SSSR count). The van der Waals surface area contributed by atoms with Gasteiger partial charge in [-0.2, -0.15) is 0 Å². The number of likely N-dealkylation sites (tertiary alicyclic amines) is 1. The van der Waals surface area contributed by atoms with E-state index >= 15 is 0 Å². The number of aliphatic hydroxyl groups excluding tert-OH is 1. The van der Waals surface area contributed by atoms with E-state index in [1.54, 1.807) is 0 Å². The number of rotatable bonds is 2. The molecule has 0 aliphatic carbocycles. The van der Waals surface area contributed by atoms with Crippen molar-refractivity contribution >= 4 is 43.2 Å². The van der Waals surface area contributed by atoms with E-state index in [-0.39, 0.29) is 11.7 Å². The van der Waals surface area contributed by atoms with Crippen molar-refractivity contribution in [3.05, 3.63) is 39.4 Å². The highest BCUT2D eigenvalue weighted by molar-refractivity contribution is 7.25. The molecule has 0 unspecified atom stereocenters. The van der Waals surface area contributed by atoms with Crippen molar-refractivity contribution in [2.45, 2.75) is 19.1 Å². The summed E-state index contributed by atoms with van der Waals surface area (Å²) in [6.45, 7) is 1.98. The van der Waals surface area contributed by atoms with Crippen molar-refractivity contribution < 1.29 is 5.11 Å². The van der Waals surface area contributed by atoms with E-state index in [0.29, 0.717) is 34.2 Å². The topological polar surface area (TPSA) is 69.2 Å². The molecule has 22 heavy (non-hydrogen) atoms. The molecule has 2 N–H and O–H groups in total. The molecule has 0 radical (unpaired) electrons. The molecule has 114 valence electrons. The molecule has 3 aromatic rings. The molecule has 1 aliphatic heterocycles. The minimum absolute atomic E-state index is 0.114. The molecule has 1 atom stereocenters. The summed E-state index contributed by atoms with van der Waals surface area (Å²) in [5, 5.41) is 11.2. The van der Waals surface area contributed by atoms with Gasteiger partial charge >= 0.3 is 0 Å². The van der Waals surface area contributed by atoms with Gasteiger partial charge in [-0.1, -0.05) is 11.6 Å². The maximum atomic E-state index is 12.3. The van der Waals surface area contributed by atoms with E-state index in [0.717, 1.165) is 23.1 Å². The van der Waals surface area contributed by atoms with Crippen LogP contribution in [-0.2, 0) is 6.54 Å². The number of fused-ring (bicyclic) bond motifs is 3. The standard InChI is InChI=1S/C15H14ClN3O2S/c16-8-1-2-11-10(5-8)13-14(22-11)15(21)18-12(17-13)7-19-4-3-9(20)6-19/h1-2,5,9,20H,3-4,6-7H2,(H,17,18,21)/t9-/m1/s1. The number of aliphatic hydroxyl groups is 1. The van der Waals surface area contributed by atoms with Gasteiger partial charge in [-0.05, 0) is 24.6 Å². The van der Waals surface area contributed by atoms with Crippen molar-refractivity contribution in [3.8, 4) is 0 Å². The molecule has 1 saturated heterocycles. The fourth-order valence-electron chi connectivity index (χ4n) is 2.91. The van der Waals surface area contributed by atoms with Crippen molar-refractivity contribution in [2.24, 2.45) is 0 Å². The number of H-pyrrole nitrogens is 1. The molecule has 0 bridgehead atoms. The summed E-state index contributed by atoms with van der Waals surface area (Å²) in [6, 6.07) is 5.59. The van der Waals surface area contributed by atoms with Crippen LogP contribution >= 0.6 is 22.9 Å². The van der Waals surface area contributed by atoms with E-state index in [9.17, 15) is 9.90 Å². The number of nitrogens with zero attached hydrogens (tertiary/aromatic N) is 2. The van der Waals surface area contributed by atoms with E-state index in [2.05, 4.69) is 14.9 Å². The summed E-state index contributed by atoms with van der Waals surface area (Å²) >= 11 is 7.49. The van der Waals surface area contributed by atoms with Crippen LogP contribution in [0.25, 0.3) is 20.3 Å². The van der Waals surface area contributed by atoms with Crippen molar-refractivity contribution in [3.63, 3.8) is 0 Å². The average Bonchev–Trinajstić information content (AvgIpc) is 3.03. The Labute approximate surface area is 135 Å². The van der Waals surface area contributed by atoms with Crippen LogP contribution in [0.3, 0.4) is 0 Å². The third-order valence-electron chi connectivity index (χ3n) is 3.96. The summed E-state index contributed by atoms with van der Waals surface area (Å²) in [7, 11) is 0. The van der Waals surface area contributed by atoms with Crippen molar-refractivity contribution in [1.29, 1.82) is 0 Å². The van der Waals surface area contributed by atoms with Gasteiger partial charge in [-0.3, -0.25) is 9.69 Å². The predicted octanol–water partition coefficient (Wildman–Crippen LogP) is 2.36. The molecule has 1 aliphatic rings. The van der Waals surface area contributed by atoms with E-state index in [1.165, 1.54) is 11.3 Å². The van der Waals surface area contributed by atoms with Crippen molar-refractivity contribution in [1.82, 2.24) is 14.9 Å². The SMILES string of the molecule is O=c1[nH]c(CN2CC[C@@H](O)C2)nc2c1sc1ccc(Cl)cc12. The van der Waals surface area contributed by atoms with E-state index < -0.39 is 0 Å². The van der Waals surface area contributed by atoms with Crippen LogP contribution in [0.1, 0.15) is 12.2 Å². The lowest BCUT2D eigenvalue weighted by Gasteiger charge is -2.13. The minimum atomic E-state index is -0.281. The third-order valence-corrected chi connectivity index (χ3v) is 5.35. The molecular weight excluding hydrogens is 322 g/mol. The first kappa shape index (κ1) is 14.1. The minimum Gasteiger partial charge on any atom is -0.392 e. The second-order valence-electron chi connectivity index (χ2n) is 5.61. The molecule has 1 fully saturated rings. The number of thiophene rings is 1. The maximum Gasteiger partial charge on any atom is 0.268 e. The van der Waals surface area contributed by atoms with Crippen LogP contribution in [-0.4, -0.2) is 39.2 Å². The van der Waals surface area contributed by atoms with Gasteiger partial charge in [0, 0.05) is 28.2 Å². The highest BCUT2D eigenvalue weighted by Gasteiger charge is 2.21. The summed E-state index contributed by atoms with van der Waals surface area (Å²) in [5.74, 6) is 0.631. The Morgan fingerprint density at radius 2 is 2.36 bits per heavy atom. The van der Waals surface area contributed by atoms with Gasteiger partial charge in [-0.25, -0.2) is 4.98 Å². The van der Waals surface area contributed by atoms with Crippen LogP contribution in [0.2, 0.25) is 5.02 Å². The quantitative estimate of drug-likeness (QED) is 0.754. The zero-order chi connectivity index (χ0) is 15.3. The lowest BCUT2D eigenvalue weighted by molar-refractivity contribution is 0.174. The largest absolute Gasteiger partial charge is 0.392 e. The summed E-state index contributed by atoms with van der Waals surface area (Å²) in [5.41, 5.74) is 0.595. The average molecular weight is 336 g/mol. The predicted molar refractivity (Wildman–Crippen MR) is 88.7 cm³/mol. The molecule has 3 heterocycles. The number of hydrogen-bond donors (Lipinski definition) is 2. The highest BCUT2D eigenvalue weighted by atomic mass is 35.5. The number of β-amino-alcohol motifs (C(OH)–C–C–N with tert-alkyl or cyclic N) is 1. The Kier molecular flexibility index (Phi) is 3.41. The lowest BCUT2D eigenvalue weighted by atomic mass is 10.2. The normalized spacial score (nSPS) is 19.5. The van der Waals surface area contributed by atoms with Gasteiger partial charge in [0.1, 0.15) is 10.5 Å². The Hall–Kier alpha value is -1.47. The van der Waals surface area contributed by atoms with Gasteiger partial charge in [0.2, 0.25) is 0 Å². The fourth-order valence-corrected chi connectivity index (χ4v) is 4.10. The molecule has 1 aromatic carbocycles. The number of aromatic nitrogens is 2. The van der Waals surface area contributed by atoms with Gasteiger partial charge in [-0.15, -0.1) is 11.3 Å². The second-order valence-corrected chi connectivity index (χ2v) is 7.10. The number of benzene rings is 1. The second kappa shape index (κ2) is 5.31. The monoisotopic (exact) mass is 335 g/mol. The van der Waals surface area contributed by atoms with Crippen LogP contribution in [0.4, 0.5) is 0 Å². The van der Waals surface area contributed by atoms with Crippen molar-refractivity contribution in [2.75, 3.05) is 13.1 Å². The molecule has 0 amide bonds. The summed E-state index contributed by atoms with van der Waals surface area (Å²) in [6.07, 6.45) is 0.486. The summed E-state index contributed by atoms with van der Waals surface area (Å²) < 4.78 is 1.63. The molecule has 0 saturated carbocycles. The Morgan fingerprint density at radius 3 is 3.14 bits per heavy atom. The first-order valence-electron chi connectivity index (χ1n) is 7.11. The Balaban J connectivity index is 1.82. The van der Waals surface area contributed by atoms with E-state index in [4.69, 9.17) is 11.6 Å². The van der Waals surface area contributed by atoms with Gasteiger partial charge < -0.3 is 10.1 Å². The number of aromatic amines is 1. The number of nitrogens with one attached hydrogen (secondary N) is 1. The molecule has 0 spiro atoms. The molecular formula is C15H14ClN3O2S. The fraction of sp³-hybridized carbons (Fsp3) is 0.333. The zero-order valence-electron chi connectivity index (χ0n) is 11.7. The number of hydrogen-bond acceptors (Lipinski definition) is 5. The van der Waals surface area contributed by atoms with Gasteiger partial charge in [0.15, 0.2) is 0 Å². The zero-order valence-corrected chi connectivity index (χ0v) is 13.2. The van der Waals surface area contributed by atoms with Gasteiger partial charge in [0.25, 0.3) is 5.56 Å². The lowest BCUT2D eigenvalue weighted by Crippen LogP contribution is -2.24. The summed E-state index contributed by atoms with van der Waals surface area (Å²) in [4.78, 5) is 21.9. The van der Waals surface area contributed by atoms with Crippen LogP contribution in [0, 0.1) is 0 Å². The molecule has 5 nitrogen and oxygen atoms in total. The Bertz CT molecular complexity index is 920. The first-order chi connectivity index (χ1) is 10.6. The third kappa shape index (κ3) is 2.42.